The van der Waals surface area contributed by atoms with Gasteiger partial charge >= 0.3 is 0 Å². The zero-order valence-corrected chi connectivity index (χ0v) is 9.86. The van der Waals surface area contributed by atoms with Crippen molar-refractivity contribution >= 4 is 0 Å². The van der Waals surface area contributed by atoms with E-state index in [2.05, 4.69) is 24.4 Å². The van der Waals surface area contributed by atoms with E-state index in [0.717, 1.165) is 18.7 Å². The van der Waals surface area contributed by atoms with Crippen LogP contribution in [0, 0.1) is 0 Å². The minimum Gasteiger partial charge on any atom is -0.497 e. The molecule has 3 heteroatoms. The molecule has 2 N–H and O–H groups in total. The molecule has 0 radical (unpaired) electrons. The van der Waals surface area contributed by atoms with Gasteiger partial charge in [0, 0.05) is 12.1 Å². The summed E-state index contributed by atoms with van der Waals surface area (Å²) in [4.78, 5) is 0. The number of nitrogens with one attached hydrogen (secondary N) is 1. The molecule has 0 spiro atoms. The molecule has 16 heavy (non-hydrogen) atoms. The molecular weight excluding hydrogens is 202 g/mol. The van der Waals surface area contributed by atoms with Gasteiger partial charge in [0.1, 0.15) is 5.75 Å². The number of hydrogen-bond acceptors (Lipinski definition) is 3. The van der Waals surface area contributed by atoms with Crippen molar-refractivity contribution in [2.45, 2.75) is 24.8 Å². The molecule has 0 saturated carbocycles. The summed E-state index contributed by atoms with van der Waals surface area (Å²) in [5, 5.41) is 12.7. The number of benzene rings is 1. The second-order valence-corrected chi connectivity index (χ2v) is 4.78. The summed E-state index contributed by atoms with van der Waals surface area (Å²) in [5.41, 5.74) is 1.15. The number of aliphatic hydroxyl groups excluding tert-OH is 1. The predicted octanol–water partition coefficient (Wildman–Crippen LogP) is 1.52. The zero-order valence-electron chi connectivity index (χ0n) is 9.86. The molecule has 0 aromatic heterocycles. The predicted molar refractivity (Wildman–Crippen MR) is 63.8 cm³/mol. The Kier molecular flexibility index (Phi) is 3.17. The van der Waals surface area contributed by atoms with E-state index in [9.17, 15) is 5.11 Å². The first-order valence-electron chi connectivity index (χ1n) is 5.67. The van der Waals surface area contributed by atoms with Gasteiger partial charge in [0.25, 0.3) is 0 Å². The average molecular weight is 221 g/mol. The largest absolute Gasteiger partial charge is 0.497 e. The molecule has 0 amide bonds. The molecule has 1 saturated heterocycles. The van der Waals surface area contributed by atoms with Crippen molar-refractivity contribution in [2.75, 3.05) is 20.3 Å². The van der Waals surface area contributed by atoms with Crippen molar-refractivity contribution < 1.29 is 9.84 Å². The lowest BCUT2D eigenvalue weighted by Crippen LogP contribution is -2.39. The fraction of sp³-hybridized carbons (Fsp3) is 0.538. The van der Waals surface area contributed by atoms with Crippen LogP contribution in [0.2, 0.25) is 0 Å². The zero-order chi connectivity index (χ0) is 11.6. The Bertz CT molecular complexity index is 367. The normalized spacial score (nSPS) is 29.3. The smallest absolute Gasteiger partial charge is 0.119 e. The van der Waals surface area contributed by atoms with Gasteiger partial charge in [-0.3, -0.25) is 0 Å². The summed E-state index contributed by atoms with van der Waals surface area (Å²) in [6.07, 6.45) is 0.969. The Morgan fingerprint density at radius 3 is 3.00 bits per heavy atom. The summed E-state index contributed by atoms with van der Waals surface area (Å²) >= 11 is 0. The maximum Gasteiger partial charge on any atom is 0.119 e. The highest BCUT2D eigenvalue weighted by Crippen LogP contribution is 2.32. The Morgan fingerprint density at radius 1 is 1.56 bits per heavy atom. The molecule has 3 nitrogen and oxygen atoms in total. The molecule has 0 bridgehead atoms. The molecule has 1 fully saturated rings. The van der Waals surface area contributed by atoms with Crippen LogP contribution in [0.25, 0.3) is 0 Å². The van der Waals surface area contributed by atoms with Crippen LogP contribution in [0.15, 0.2) is 24.3 Å². The van der Waals surface area contributed by atoms with Crippen LogP contribution in [0.4, 0.5) is 0 Å². The van der Waals surface area contributed by atoms with Crippen LogP contribution >= 0.6 is 0 Å². The SMILES string of the molecule is COc1cccc(C2CNC(C)(CO)C2)c1. The molecule has 2 atom stereocenters. The summed E-state index contributed by atoms with van der Waals surface area (Å²) in [7, 11) is 1.68. The monoisotopic (exact) mass is 221 g/mol. The van der Waals surface area contributed by atoms with Crippen molar-refractivity contribution in [2.24, 2.45) is 0 Å². The third kappa shape index (κ3) is 2.20. The molecule has 1 aromatic rings. The fourth-order valence-electron chi connectivity index (χ4n) is 2.31. The molecule has 1 aliphatic heterocycles. The van der Waals surface area contributed by atoms with Crippen molar-refractivity contribution in [1.29, 1.82) is 0 Å². The van der Waals surface area contributed by atoms with E-state index in [1.807, 2.05) is 12.1 Å². The molecule has 1 aromatic carbocycles. The third-order valence-electron chi connectivity index (χ3n) is 3.39. The lowest BCUT2D eigenvalue weighted by atomic mass is 9.90. The highest BCUT2D eigenvalue weighted by Gasteiger charge is 2.34. The summed E-state index contributed by atoms with van der Waals surface area (Å²) < 4.78 is 5.22. The van der Waals surface area contributed by atoms with Crippen molar-refractivity contribution in [3.8, 4) is 5.75 Å². The summed E-state index contributed by atoms with van der Waals surface area (Å²) in [6, 6.07) is 8.17. The molecule has 2 unspecified atom stereocenters. The van der Waals surface area contributed by atoms with Gasteiger partial charge < -0.3 is 15.2 Å². The standard InChI is InChI=1S/C13H19NO2/c1-13(9-15)7-11(8-14-13)10-4-3-5-12(6-10)16-2/h3-6,11,14-15H,7-9H2,1-2H3. The van der Waals surface area contributed by atoms with Gasteiger partial charge in [0.05, 0.1) is 13.7 Å². The summed E-state index contributed by atoms with van der Waals surface area (Å²) in [5.74, 6) is 1.36. The minimum absolute atomic E-state index is 0.131. The second-order valence-electron chi connectivity index (χ2n) is 4.78. The highest BCUT2D eigenvalue weighted by atomic mass is 16.5. The van der Waals surface area contributed by atoms with Crippen LogP contribution in [0.1, 0.15) is 24.8 Å². The first-order chi connectivity index (χ1) is 7.67. The maximum absolute atomic E-state index is 9.30. The number of aliphatic hydroxyl groups is 1. The number of rotatable bonds is 3. The van der Waals surface area contributed by atoms with Crippen molar-refractivity contribution in [3.63, 3.8) is 0 Å². The molecule has 1 heterocycles. The Balaban J connectivity index is 2.14. The molecule has 88 valence electrons. The number of ether oxygens (including phenoxy) is 1. The van der Waals surface area contributed by atoms with E-state index in [-0.39, 0.29) is 12.1 Å². The van der Waals surface area contributed by atoms with E-state index in [0.29, 0.717) is 5.92 Å². The molecule has 0 aliphatic carbocycles. The number of methoxy groups -OCH3 is 1. The quantitative estimate of drug-likeness (QED) is 0.813. The Morgan fingerprint density at radius 2 is 2.38 bits per heavy atom. The lowest BCUT2D eigenvalue weighted by Gasteiger charge is -2.21. The van der Waals surface area contributed by atoms with Crippen molar-refractivity contribution in [3.05, 3.63) is 29.8 Å². The van der Waals surface area contributed by atoms with E-state index in [1.165, 1.54) is 5.56 Å². The van der Waals surface area contributed by atoms with Gasteiger partial charge in [-0.2, -0.15) is 0 Å². The molecule has 1 aliphatic rings. The second kappa shape index (κ2) is 4.44. The van der Waals surface area contributed by atoms with Gasteiger partial charge in [-0.1, -0.05) is 12.1 Å². The van der Waals surface area contributed by atoms with E-state index in [4.69, 9.17) is 4.74 Å². The third-order valence-corrected chi connectivity index (χ3v) is 3.39. The number of hydrogen-bond donors (Lipinski definition) is 2. The van der Waals surface area contributed by atoms with E-state index >= 15 is 0 Å². The van der Waals surface area contributed by atoms with Crippen LogP contribution in [-0.4, -0.2) is 30.9 Å². The van der Waals surface area contributed by atoms with E-state index in [1.54, 1.807) is 7.11 Å². The first-order valence-corrected chi connectivity index (χ1v) is 5.67. The topological polar surface area (TPSA) is 41.5 Å². The van der Waals surface area contributed by atoms with Gasteiger partial charge in [-0.15, -0.1) is 0 Å². The van der Waals surface area contributed by atoms with Crippen LogP contribution in [-0.2, 0) is 0 Å². The van der Waals surface area contributed by atoms with Gasteiger partial charge in [0.2, 0.25) is 0 Å². The molecular formula is C13H19NO2. The molecule has 2 rings (SSSR count). The van der Waals surface area contributed by atoms with Crippen molar-refractivity contribution in [1.82, 2.24) is 5.32 Å². The van der Waals surface area contributed by atoms with Crippen LogP contribution < -0.4 is 10.1 Å². The Labute approximate surface area is 96.4 Å². The van der Waals surface area contributed by atoms with Gasteiger partial charge in [-0.05, 0) is 37.0 Å². The Hall–Kier alpha value is -1.06. The minimum atomic E-state index is -0.131. The first kappa shape index (κ1) is 11.4. The summed E-state index contributed by atoms with van der Waals surface area (Å²) in [6.45, 7) is 3.17. The van der Waals surface area contributed by atoms with Crippen LogP contribution in [0.3, 0.4) is 0 Å². The van der Waals surface area contributed by atoms with Crippen LogP contribution in [0.5, 0.6) is 5.75 Å². The maximum atomic E-state index is 9.30. The lowest BCUT2D eigenvalue weighted by molar-refractivity contribution is 0.191. The van der Waals surface area contributed by atoms with Gasteiger partial charge in [0.15, 0.2) is 0 Å². The van der Waals surface area contributed by atoms with Gasteiger partial charge in [-0.25, -0.2) is 0 Å². The highest BCUT2D eigenvalue weighted by molar-refractivity contribution is 5.32. The van der Waals surface area contributed by atoms with E-state index < -0.39 is 0 Å². The fourth-order valence-corrected chi connectivity index (χ4v) is 2.31. The average Bonchev–Trinajstić information content (AvgIpc) is 2.73.